The third kappa shape index (κ3) is 2.65. The summed E-state index contributed by atoms with van der Waals surface area (Å²) in [6, 6.07) is 6.83. The van der Waals surface area contributed by atoms with Crippen LogP contribution in [0.4, 0.5) is 0 Å². The highest BCUT2D eigenvalue weighted by atomic mass is 15.2. The molecule has 1 aliphatic heterocycles. The van der Waals surface area contributed by atoms with Crippen molar-refractivity contribution < 1.29 is 0 Å². The summed E-state index contributed by atoms with van der Waals surface area (Å²) in [5.74, 6) is 0. The Labute approximate surface area is 114 Å². The molecule has 2 atom stereocenters. The van der Waals surface area contributed by atoms with Crippen molar-refractivity contribution in [1.29, 1.82) is 0 Å². The first kappa shape index (κ1) is 12.6. The molecule has 3 heterocycles. The lowest BCUT2D eigenvalue weighted by Crippen LogP contribution is -2.48. The van der Waals surface area contributed by atoms with Crippen LogP contribution < -0.4 is 5.73 Å². The van der Waals surface area contributed by atoms with E-state index in [1.807, 2.05) is 24.4 Å². The normalized spacial score (nSPS) is 22.7. The molecule has 0 bridgehead atoms. The van der Waals surface area contributed by atoms with Crippen LogP contribution >= 0.6 is 0 Å². The number of aromatic nitrogens is 2. The Bertz CT molecular complexity index is 513. The van der Waals surface area contributed by atoms with Crippen molar-refractivity contribution in [2.45, 2.75) is 44.8 Å². The number of nitrogens with two attached hydrogens (primary N) is 1. The second-order valence-corrected chi connectivity index (χ2v) is 5.59. The van der Waals surface area contributed by atoms with Crippen molar-refractivity contribution in [2.24, 2.45) is 5.73 Å². The molecule has 1 saturated heterocycles. The van der Waals surface area contributed by atoms with Gasteiger partial charge in [0.05, 0.1) is 5.69 Å². The molecule has 2 unspecified atom stereocenters. The summed E-state index contributed by atoms with van der Waals surface area (Å²) >= 11 is 0. The van der Waals surface area contributed by atoms with Crippen LogP contribution in [0.25, 0.3) is 5.65 Å². The fraction of sp³-hybridized carbons (Fsp3) is 0.533. The lowest BCUT2D eigenvalue weighted by Gasteiger charge is -2.37. The van der Waals surface area contributed by atoms with Crippen LogP contribution in [0.5, 0.6) is 0 Å². The van der Waals surface area contributed by atoms with E-state index >= 15 is 0 Å². The number of pyridine rings is 1. The van der Waals surface area contributed by atoms with Gasteiger partial charge in [-0.15, -0.1) is 0 Å². The van der Waals surface area contributed by atoms with Gasteiger partial charge in [0.2, 0.25) is 0 Å². The van der Waals surface area contributed by atoms with Crippen LogP contribution in [-0.4, -0.2) is 32.9 Å². The minimum Gasteiger partial charge on any atom is -0.327 e. The first-order chi connectivity index (χ1) is 9.24. The predicted molar refractivity (Wildman–Crippen MR) is 76.9 cm³/mol. The SMILES string of the molecule is CC(N)C1CCCCN1Cc1cn2ccccc2n1. The summed E-state index contributed by atoms with van der Waals surface area (Å²) in [7, 11) is 0. The molecular formula is C15H22N4. The summed E-state index contributed by atoms with van der Waals surface area (Å²) in [4.78, 5) is 7.18. The van der Waals surface area contributed by atoms with Crippen molar-refractivity contribution in [1.82, 2.24) is 14.3 Å². The Hall–Kier alpha value is -1.39. The summed E-state index contributed by atoms with van der Waals surface area (Å²) in [5, 5.41) is 0. The highest BCUT2D eigenvalue weighted by Crippen LogP contribution is 2.21. The zero-order chi connectivity index (χ0) is 13.2. The molecule has 4 nitrogen and oxygen atoms in total. The van der Waals surface area contributed by atoms with Crippen LogP contribution in [-0.2, 0) is 6.54 Å². The van der Waals surface area contributed by atoms with Gasteiger partial charge >= 0.3 is 0 Å². The van der Waals surface area contributed by atoms with E-state index in [2.05, 4.69) is 27.4 Å². The van der Waals surface area contributed by atoms with Gasteiger partial charge in [-0.05, 0) is 38.4 Å². The van der Waals surface area contributed by atoms with Crippen molar-refractivity contribution >= 4 is 5.65 Å². The molecule has 0 radical (unpaired) electrons. The smallest absolute Gasteiger partial charge is 0.137 e. The van der Waals surface area contributed by atoms with Gasteiger partial charge in [0.1, 0.15) is 5.65 Å². The lowest BCUT2D eigenvalue weighted by molar-refractivity contribution is 0.121. The standard InChI is InChI=1S/C15H22N4/c1-12(16)14-6-2-4-8-18(14)10-13-11-19-9-5-3-7-15(19)17-13/h3,5,7,9,11-12,14H,2,4,6,8,10,16H2,1H3. The minimum absolute atomic E-state index is 0.234. The third-order valence-electron chi connectivity index (χ3n) is 4.05. The predicted octanol–water partition coefficient (Wildman–Crippen LogP) is 2.04. The fourth-order valence-electron chi connectivity index (χ4n) is 3.08. The molecule has 4 heteroatoms. The quantitative estimate of drug-likeness (QED) is 0.916. The molecule has 102 valence electrons. The van der Waals surface area contributed by atoms with E-state index < -0.39 is 0 Å². The maximum atomic E-state index is 6.12. The maximum absolute atomic E-state index is 6.12. The number of fused-ring (bicyclic) bond motifs is 1. The summed E-state index contributed by atoms with van der Waals surface area (Å²) in [6.45, 7) is 4.17. The van der Waals surface area contributed by atoms with Gasteiger partial charge < -0.3 is 10.1 Å². The number of rotatable bonds is 3. The van der Waals surface area contributed by atoms with Gasteiger partial charge in [0.15, 0.2) is 0 Å². The zero-order valence-electron chi connectivity index (χ0n) is 11.5. The Balaban J connectivity index is 1.79. The first-order valence-corrected chi connectivity index (χ1v) is 7.16. The molecule has 0 aromatic carbocycles. The van der Waals surface area contributed by atoms with Crippen LogP contribution in [0.3, 0.4) is 0 Å². The topological polar surface area (TPSA) is 46.6 Å². The van der Waals surface area contributed by atoms with Gasteiger partial charge in [-0.2, -0.15) is 0 Å². The van der Waals surface area contributed by atoms with E-state index in [1.165, 1.54) is 19.3 Å². The molecule has 2 N–H and O–H groups in total. The number of piperidine rings is 1. The van der Waals surface area contributed by atoms with E-state index in [0.717, 1.165) is 24.4 Å². The molecule has 2 aromatic rings. The van der Waals surface area contributed by atoms with Crippen LogP contribution in [0, 0.1) is 0 Å². The molecule has 1 fully saturated rings. The Morgan fingerprint density at radius 1 is 1.42 bits per heavy atom. The van der Waals surface area contributed by atoms with Crippen LogP contribution in [0.1, 0.15) is 31.9 Å². The van der Waals surface area contributed by atoms with Crippen molar-refractivity contribution in [3.8, 4) is 0 Å². The summed E-state index contributed by atoms with van der Waals surface area (Å²) in [5.41, 5.74) is 8.28. The average molecular weight is 258 g/mol. The molecule has 3 rings (SSSR count). The molecular weight excluding hydrogens is 236 g/mol. The second kappa shape index (κ2) is 5.31. The van der Waals surface area contributed by atoms with Gasteiger partial charge in [-0.25, -0.2) is 4.98 Å². The molecule has 0 saturated carbocycles. The van der Waals surface area contributed by atoms with Crippen molar-refractivity contribution in [2.75, 3.05) is 6.54 Å². The fourth-order valence-corrected chi connectivity index (χ4v) is 3.08. The van der Waals surface area contributed by atoms with E-state index in [0.29, 0.717) is 6.04 Å². The van der Waals surface area contributed by atoms with Crippen LogP contribution in [0.2, 0.25) is 0 Å². The lowest BCUT2D eigenvalue weighted by atomic mass is 9.97. The molecule has 1 aliphatic rings. The van der Waals surface area contributed by atoms with E-state index in [4.69, 9.17) is 5.73 Å². The van der Waals surface area contributed by atoms with Gasteiger partial charge in [0.25, 0.3) is 0 Å². The number of hydrogen-bond donors (Lipinski definition) is 1. The minimum atomic E-state index is 0.234. The van der Waals surface area contributed by atoms with Gasteiger partial charge in [-0.1, -0.05) is 12.5 Å². The molecule has 19 heavy (non-hydrogen) atoms. The highest BCUT2D eigenvalue weighted by Gasteiger charge is 2.25. The number of nitrogens with zero attached hydrogens (tertiary/aromatic N) is 3. The van der Waals surface area contributed by atoms with Gasteiger partial charge in [-0.3, -0.25) is 4.90 Å². The van der Waals surface area contributed by atoms with E-state index in [1.54, 1.807) is 0 Å². The number of imidazole rings is 1. The van der Waals surface area contributed by atoms with Gasteiger partial charge in [0, 0.05) is 31.0 Å². The number of hydrogen-bond acceptors (Lipinski definition) is 3. The molecule has 0 aliphatic carbocycles. The van der Waals surface area contributed by atoms with E-state index in [-0.39, 0.29) is 6.04 Å². The Kier molecular flexibility index (Phi) is 3.53. The molecule has 2 aromatic heterocycles. The van der Waals surface area contributed by atoms with Crippen molar-refractivity contribution in [3.05, 3.63) is 36.3 Å². The molecule has 0 amide bonds. The zero-order valence-corrected chi connectivity index (χ0v) is 11.5. The summed E-state index contributed by atoms with van der Waals surface area (Å²) in [6.07, 6.45) is 7.96. The Morgan fingerprint density at radius 3 is 3.11 bits per heavy atom. The van der Waals surface area contributed by atoms with Crippen LogP contribution in [0.15, 0.2) is 30.6 Å². The number of likely N-dealkylation sites (tertiary alicyclic amines) is 1. The monoisotopic (exact) mass is 258 g/mol. The largest absolute Gasteiger partial charge is 0.327 e. The maximum Gasteiger partial charge on any atom is 0.137 e. The highest BCUT2D eigenvalue weighted by molar-refractivity contribution is 5.39. The Morgan fingerprint density at radius 2 is 2.32 bits per heavy atom. The average Bonchev–Trinajstić information content (AvgIpc) is 2.81. The third-order valence-corrected chi connectivity index (χ3v) is 4.05. The summed E-state index contributed by atoms with van der Waals surface area (Å²) < 4.78 is 2.08. The molecule has 0 spiro atoms. The van der Waals surface area contributed by atoms with Crippen molar-refractivity contribution in [3.63, 3.8) is 0 Å². The first-order valence-electron chi connectivity index (χ1n) is 7.16. The van der Waals surface area contributed by atoms with E-state index in [9.17, 15) is 0 Å². The second-order valence-electron chi connectivity index (χ2n) is 5.59.